The predicted octanol–water partition coefficient (Wildman–Crippen LogP) is 4.78. The third-order valence-corrected chi connectivity index (χ3v) is 4.20. The minimum Gasteiger partial charge on any atom is -0.508 e. The van der Waals surface area contributed by atoms with E-state index < -0.39 is 0 Å². The number of phenols is 1. The number of aryl methyl sites for hydroxylation is 1. The molecule has 0 aliphatic heterocycles. The number of aromatic hydroxyl groups is 1. The predicted molar refractivity (Wildman–Crippen MR) is 81.5 cm³/mol. The lowest BCUT2D eigenvalue weighted by molar-refractivity contribution is 0.471. The van der Waals surface area contributed by atoms with Crippen LogP contribution in [0.5, 0.6) is 5.75 Å². The molecule has 104 valence electrons. The molecule has 2 N–H and O–H groups in total. The first-order valence-electron chi connectivity index (χ1n) is 6.67. The van der Waals surface area contributed by atoms with Crippen molar-refractivity contribution in [3.63, 3.8) is 0 Å². The quantitative estimate of drug-likeness (QED) is 0.827. The zero-order chi connectivity index (χ0) is 14.1. The van der Waals surface area contributed by atoms with Crippen LogP contribution in [0.15, 0.2) is 40.9 Å². The number of phenolic OH excluding ortho intramolecular Hbond substituents is 1. The fraction of sp³-hybridized carbons (Fsp3) is 0.250. The summed E-state index contributed by atoms with van der Waals surface area (Å²) in [7, 11) is 0. The lowest BCUT2D eigenvalue weighted by atomic mass is 9.87. The Balaban J connectivity index is 1.93. The average Bonchev–Trinajstić information content (AvgIpc) is 2.43. The van der Waals surface area contributed by atoms with Crippen molar-refractivity contribution in [1.82, 2.24) is 0 Å². The molecule has 0 fully saturated rings. The van der Waals surface area contributed by atoms with Gasteiger partial charge in [0.2, 0.25) is 0 Å². The maximum absolute atomic E-state index is 13.8. The van der Waals surface area contributed by atoms with Crippen LogP contribution >= 0.6 is 15.9 Å². The SMILES string of the molecule is Oc1ccc2c(c1)C(Nc1cc(Br)ccc1F)CCC2. The zero-order valence-corrected chi connectivity index (χ0v) is 12.5. The summed E-state index contributed by atoms with van der Waals surface area (Å²) in [6.45, 7) is 0. The lowest BCUT2D eigenvalue weighted by Gasteiger charge is -2.27. The van der Waals surface area contributed by atoms with E-state index in [0.29, 0.717) is 5.69 Å². The number of nitrogens with one attached hydrogen (secondary N) is 1. The van der Waals surface area contributed by atoms with Crippen LogP contribution in [0.25, 0.3) is 0 Å². The third kappa shape index (κ3) is 2.66. The molecule has 2 aromatic carbocycles. The molecule has 1 atom stereocenters. The molecule has 0 amide bonds. The normalized spacial score (nSPS) is 17.6. The van der Waals surface area contributed by atoms with E-state index in [2.05, 4.69) is 21.2 Å². The van der Waals surface area contributed by atoms with Crippen molar-refractivity contribution >= 4 is 21.6 Å². The Morgan fingerprint density at radius 1 is 1.20 bits per heavy atom. The molecule has 0 saturated heterocycles. The van der Waals surface area contributed by atoms with E-state index in [4.69, 9.17) is 0 Å². The van der Waals surface area contributed by atoms with E-state index in [-0.39, 0.29) is 17.6 Å². The Morgan fingerprint density at radius 3 is 2.90 bits per heavy atom. The Morgan fingerprint density at radius 2 is 2.05 bits per heavy atom. The molecule has 0 spiro atoms. The van der Waals surface area contributed by atoms with Gasteiger partial charge in [0.1, 0.15) is 11.6 Å². The van der Waals surface area contributed by atoms with Gasteiger partial charge in [0.15, 0.2) is 0 Å². The maximum atomic E-state index is 13.8. The third-order valence-electron chi connectivity index (χ3n) is 3.70. The van der Waals surface area contributed by atoms with Crippen LogP contribution in [0, 0.1) is 5.82 Å². The average molecular weight is 336 g/mol. The van der Waals surface area contributed by atoms with Crippen LogP contribution in [0.2, 0.25) is 0 Å². The lowest BCUT2D eigenvalue weighted by Crippen LogP contribution is -2.17. The molecule has 1 aliphatic carbocycles. The molecule has 2 aromatic rings. The highest BCUT2D eigenvalue weighted by molar-refractivity contribution is 9.10. The van der Waals surface area contributed by atoms with Gasteiger partial charge in [0.05, 0.1) is 11.7 Å². The molecule has 1 unspecified atom stereocenters. The van der Waals surface area contributed by atoms with Crippen LogP contribution in [0.4, 0.5) is 10.1 Å². The van der Waals surface area contributed by atoms with Crippen LogP contribution in [-0.4, -0.2) is 5.11 Å². The van der Waals surface area contributed by atoms with Crippen LogP contribution in [0.1, 0.15) is 30.0 Å². The minimum atomic E-state index is -0.263. The number of rotatable bonds is 2. The van der Waals surface area contributed by atoms with Crippen molar-refractivity contribution in [2.45, 2.75) is 25.3 Å². The Labute approximate surface area is 125 Å². The number of hydrogen-bond acceptors (Lipinski definition) is 2. The summed E-state index contributed by atoms with van der Waals surface area (Å²) in [5.41, 5.74) is 2.78. The molecule has 4 heteroatoms. The molecule has 0 aromatic heterocycles. The molecule has 0 heterocycles. The van der Waals surface area contributed by atoms with Gasteiger partial charge in [-0.1, -0.05) is 22.0 Å². The van der Waals surface area contributed by atoms with Crippen LogP contribution in [0.3, 0.4) is 0 Å². The van der Waals surface area contributed by atoms with Crippen molar-refractivity contribution in [1.29, 1.82) is 0 Å². The van der Waals surface area contributed by atoms with Crippen LogP contribution < -0.4 is 5.32 Å². The standard InChI is InChI=1S/C16H15BrFNO/c17-11-5-7-14(18)16(8-11)19-15-3-1-2-10-4-6-12(20)9-13(10)15/h4-9,15,19-20H,1-3H2. The Kier molecular flexibility index (Phi) is 3.66. The Hall–Kier alpha value is -1.55. The molecular weight excluding hydrogens is 321 g/mol. The summed E-state index contributed by atoms with van der Waals surface area (Å²) in [4.78, 5) is 0. The number of anilines is 1. The van der Waals surface area contributed by atoms with E-state index in [1.807, 2.05) is 6.07 Å². The zero-order valence-electron chi connectivity index (χ0n) is 10.9. The first-order valence-corrected chi connectivity index (χ1v) is 7.46. The van der Waals surface area contributed by atoms with Crippen LogP contribution in [-0.2, 0) is 6.42 Å². The van der Waals surface area contributed by atoms with E-state index in [1.54, 1.807) is 24.3 Å². The van der Waals surface area contributed by atoms with E-state index in [0.717, 1.165) is 29.3 Å². The Bertz CT molecular complexity index is 644. The highest BCUT2D eigenvalue weighted by Crippen LogP contribution is 2.35. The van der Waals surface area contributed by atoms with Crippen molar-refractivity contribution in [2.24, 2.45) is 0 Å². The smallest absolute Gasteiger partial charge is 0.146 e. The first kappa shape index (κ1) is 13.4. The van der Waals surface area contributed by atoms with Gasteiger partial charge in [-0.15, -0.1) is 0 Å². The second-order valence-corrected chi connectivity index (χ2v) is 6.01. The molecule has 0 saturated carbocycles. The molecule has 3 rings (SSSR count). The largest absolute Gasteiger partial charge is 0.508 e. The second kappa shape index (κ2) is 5.44. The molecule has 20 heavy (non-hydrogen) atoms. The molecule has 0 bridgehead atoms. The maximum Gasteiger partial charge on any atom is 0.146 e. The van der Waals surface area contributed by atoms with Gasteiger partial charge >= 0.3 is 0 Å². The summed E-state index contributed by atoms with van der Waals surface area (Å²) in [6, 6.07) is 10.3. The topological polar surface area (TPSA) is 32.3 Å². The molecular formula is C16H15BrFNO. The summed E-state index contributed by atoms with van der Waals surface area (Å²) in [5, 5.41) is 12.9. The van der Waals surface area contributed by atoms with Gasteiger partial charge in [0, 0.05) is 4.47 Å². The fourth-order valence-electron chi connectivity index (χ4n) is 2.73. The monoisotopic (exact) mass is 335 g/mol. The minimum absolute atomic E-state index is 0.0367. The van der Waals surface area contributed by atoms with Gasteiger partial charge in [-0.3, -0.25) is 0 Å². The van der Waals surface area contributed by atoms with Crippen molar-refractivity contribution in [2.75, 3.05) is 5.32 Å². The highest BCUT2D eigenvalue weighted by atomic mass is 79.9. The van der Waals surface area contributed by atoms with Gasteiger partial charge in [0.25, 0.3) is 0 Å². The van der Waals surface area contributed by atoms with Gasteiger partial charge in [-0.05, 0) is 60.7 Å². The second-order valence-electron chi connectivity index (χ2n) is 5.10. The first-order chi connectivity index (χ1) is 9.63. The summed E-state index contributed by atoms with van der Waals surface area (Å²) in [5.74, 6) is -0.00681. The van der Waals surface area contributed by atoms with Gasteiger partial charge in [-0.2, -0.15) is 0 Å². The number of hydrogen-bond donors (Lipinski definition) is 2. The fourth-order valence-corrected chi connectivity index (χ4v) is 3.09. The van der Waals surface area contributed by atoms with E-state index in [9.17, 15) is 9.50 Å². The molecule has 0 radical (unpaired) electrons. The van der Waals surface area contributed by atoms with Crippen molar-refractivity contribution in [3.8, 4) is 5.75 Å². The van der Waals surface area contributed by atoms with E-state index in [1.165, 1.54) is 11.6 Å². The summed E-state index contributed by atoms with van der Waals surface area (Å²) < 4.78 is 14.7. The van der Waals surface area contributed by atoms with Gasteiger partial charge in [-0.25, -0.2) is 4.39 Å². The van der Waals surface area contributed by atoms with Gasteiger partial charge < -0.3 is 10.4 Å². The summed E-state index contributed by atoms with van der Waals surface area (Å²) in [6.07, 6.45) is 3.00. The highest BCUT2D eigenvalue weighted by Gasteiger charge is 2.21. The molecule has 1 aliphatic rings. The van der Waals surface area contributed by atoms with Crippen molar-refractivity contribution < 1.29 is 9.50 Å². The van der Waals surface area contributed by atoms with E-state index >= 15 is 0 Å². The number of fused-ring (bicyclic) bond motifs is 1. The number of halogens is 2. The van der Waals surface area contributed by atoms with Crippen molar-refractivity contribution in [3.05, 3.63) is 57.8 Å². The molecule has 2 nitrogen and oxygen atoms in total. The summed E-state index contributed by atoms with van der Waals surface area (Å²) >= 11 is 3.36. The number of benzene rings is 2.